The Bertz CT molecular complexity index is 890. The van der Waals surface area contributed by atoms with E-state index in [-0.39, 0.29) is 0 Å². The molecular formula is C18H16Cl2N4S. The Labute approximate surface area is 161 Å². The SMILES string of the molecule is Cc1ccc(Cl)cc1NC(=S)Nc1ccn(Cc2ccc(Cl)cc2)n1. The minimum Gasteiger partial charge on any atom is -0.332 e. The highest BCUT2D eigenvalue weighted by Gasteiger charge is 2.05. The van der Waals surface area contributed by atoms with E-state index in [2.05, 4.69) is 15.7 Å². The first-order chi connectivity index (χ1) is 12.0. The summed E-state index contributed by atoms with van der Waals surface area (Å²) in [4.78, 5) is 0. The summed E-state index contributed by atoms with van der Waals surface area (Å²) in [6, 6.07) is 15.2. The number of halogens is 2. The van der Waals surface area contributed by atoms with Crippen molar-refractivity contribution in [2.75, 3.05) is 10.6 Å². The zero-order chi connectivity index (χ0) is 17.8. The lowest BCUT2D eigenvalue weighted by atomic mass is 10.2. The van der Waals surface area contributed by atoms with Crippen LogP contribution in [0.2, 0.25) is 10.0 Å². The average Bonchev–Trinajstić information content (AvgIpc) is 3.00. The molecule has 0 spiro atoms. The van der Waals surface area contributed by atoms with Crippen molar-refractivity contribution in [2.24, 2.45) is 0 Å². The van der Waals surface area contributed by atoms with E-state index in [9.17, 15) is 0 Å². The van der Waals surface area contributed by atoms with Gasteiger partial charge >= 0.3 is 0 Å². The van der Waals surface area contributed by atoms with Crippen molar-refractivity contribution in [3.63, 3.8) is 0 Å². The quantitative estimate of drug-likeness (QED) is 0.588. The van der Waals surface area contributed by atoms with Crippen molar-refractivity contribution in [3.05, 3.63) is 75.9 Å². The van der Waals surface area contributed by atoms with Crippen LogP contribution in [0.25, 0.3) is 0 Å². The Morgan fingerprint density at radius 2 is 1.76 bits per heavy atom. The standard InChI is InChI=1S/C18H16Cl2N4S/c1-12-2-5-15(20)10-16(12)21-18(25)22-17-8-9-24(23-17)11-13-3-6-14(19)7-4-13/h2-10H,11H2,1H3,(H2,21,22,23,25). The van der Waals surface area contributed by atoms with Crippen molar-refractivity contribution in [1.29, 1.82) is 0 Å². The van der Waals surface area contributed by atoms with E-state index >= 15 is 0 Å². The van der Waals surface area contributed by atoms with Crippen LogP contribution < -0.4 is 10.6 Å². The molecule has 7 heteroatoms. The third-order valence-corrected chi connectivity index (χ3v) is 4.28. The van der Waals surface area contributed by atoms with E-state index in [0.717, 1.165) is 21.8 Å². The highest BCUT2D eigenvalue weighted by molar-refractivity contribution is 7.80. The summed E-state index contributed by atoms with van der Waals surface area (Å²) < 4.78 is 1.83. The van der Waals surface area contributed by atoms with Crippen LogP contribution in [-0.4, -0.2) is 14.9 Å². The third-order valence-electron chi connectivity index (χ3n) is 3.59. The summed E-state index contributed by atoms with van der Waals surface area (Å²) in [5.74, 6) is 0.672. The minimum atomic E-state index is 0.460. The van der Waals surface area contributed by atoms with Crippen LogP contribution >= 0.6 is 35.4 Å². The second-order valence-electron chi connectivity index (χ2n) is 5.56. The summed E-state index contributed by atoms with van der Waals surface area (Å²) in [5, 5.41) is 12.5. The van der Waals surface area contributed by atoms with E-state index < -0.39 is 0 Å². The van der Waals surface area contributed by atoms with E-state index in [1.54, 1.807) is 0 Å². The van der Waals surface area contributed by atoms with Crippen molar-refractivity contribution in [2.45, 2.75) is 13.5 Å². The minimum absolute atomic E-state index is 0.460. The number of aromatic nitrogens is 2. The molecule has 128 valence electrons. The van der Waals surface area contributed by atoms with Gasteiger partial charge in [-0.3, -0.25) is 4.68 Å². The van der Waals surface area contributed by atoms with Crippen LogP contribution in [-0.2, 0) is 6.54 Å². The predicted octanol–water partition coefficient (Wildman–Crippen LogP) is 5.36. The Kier molecular flexibility index (Phi) is 5.58. The van der Waals surface area contributed by atoms with Gasteiger partial charge in [-0.2, -0.15) is 5.10 Å². The van der Waals surface area contributed by atoms with Crippen LogP contribution in [0.3, 0.4) is 0 Å². The van der Waals surface area contributed by atoms with E-state index in [0.29, 0.717) is 22.5 Å². The Balaban J connectivity index is 1.61. The third kappa shape index (κ3) is 4.95. The second-order valence-corrected chi connectivity index (χ2v) is 6.84. The number of anilines is 2. The topological polar surface area (TPSA) is 41.9 Å². The highest BCUT2D eigenvalue weighted by Crippen LogP contribution is 2.20. The maximum atomic E-state index is 6.02. The van der Waals surface area contributed by atoms with Gasteiger partial charge in [0.1, 0.15) is 0 Å². The van der Waals surface area contributed by atoms with Crippen molar-refractivity contribution < 1.29 is 0 Å². The van der Waals surface area contributed by atoms with Crippen LogP contribution in [0.5, 0.6) is 0 Å². The van der Waals surface area contributed by atoms with E-state index in [1.807, 2.05) is 66.3 Å². The zero-order valence-electron chi connectivity index (χ0n) is 13.5. The summed E-state index contributed by atoms with van der Waals surface area (Å²) in [6.45, 7) is 2.65. The summed E-state index contributed by atoms with van der Waals surface area (Å²) >= 11 is 17.3. The molecule has 1 aromatic heterocycles. The number of aryl methyl sites for hydroxylation is 1. The molecule has 4 nitrogen and oxygen atoms in total. The van der Waals surface area contributed by atoms with Crippen LogP contribution in [0, 0.1) is 6.92 Å². The highest BCUT2D eigenvalue weighted by atomic mass is 35.5. The van der Waals surface area contributed by atoms with Crippen molar-refractivity contribution >= 4 is 52.0 Å². The molecule has 0 radical (unpaired) electrons. The fourth-order valence-electron chi connectivity index (χ4n) is 2.29. The van der Waals surface area contributed by atoms with Crippen LogP contribution in [0.15, 0.2) is 54.7 Å². The molecule has 0 saturated carbocycles. The fourth-order valence-corrected chi connectivity index (χ4v) is 2.80. The number of hydrogen-bond donors (Lipinski definition) is 2. The molecule has 1 heterocycles. The molecule has 0 amide bonds. The number of benzene rings is 2. The first kappa shape index (κ1) is 17.7. The van der Waals surface area contributed by atoms with Gasteiger partial charge in [0.25, 0.3) is 0 Å². The monoisotopic (exact) mass is 390 g/mol. The number of hydrogen-bond acceptors (Lipinski definition) is 2. The van der Waals surface area contributed by atoms with E-state index in [1.165, 1.54) is 0 Å². The van der Waals surface area contributed by atoms with Gasteiger partial charge in [0.05, 0.1) is 6.54 Å². The number of thiocarbonyl (C=S) groups is 1. The van der Waals surface area contributed by atoms with Gasteiger partial charge in [-0.1, -0.05) is 41.4 Å². The molecule has 0 aliphatic rings. The molecule has 0 atom stereocenters. The van der Waals surface area contributed by atoms with Gasteiger partial charge < -0.3 is 10.6 Å². The summed E-state index contributed by atoms with van der Waals surface area (Å²) in [7, 11) is 0. The molecule has 0 fully saturated rings. The van der Waals surface area contributed by atoms with Crippen LogP contribution in [0.4, 0.5) is 11.5 Å². The first-order valence-corrected chi connectivity index (χ1v) is 8.78. The zero-order valence-corrected chi connectivity index (χ0v) is 15.8. The molecule has 3 aromatic rings. The lowest BCUT2D eigenvalue weighted by Crippen LogP contribution is -2.20. The number of rotatable bonds is 4. The average molecular weight is 391 g/mol. The molecule has 3 rings (SSSR count). The van der Waals surface area contributed by atoms with Crippen molar-refractivity contribution in [1.82, 2.24) is 9.78 Å². The molecule has 0 aliphatic carbocycles. The lowest BCUT2D eigenvalue weighted by Gasteiger charge is -2.11. The fraction of sp³-hybridized carbons (Fsp3) is 0.111. The first-order valence-electron chi connectivity index (χ1n) is 7.62. The molecule has 0 bridgehead atoms. The number of nitrogens with one attached hydrogen (secondary N) is 2. The predicted molar refractivity (Wildman–Crippen MR) is 109 cm³/mol. The van der Waals surface area contributed by atoms with Gasteiger partial charge in [0.2, 0.25) is 0 Å². The summed E-state index contributed by atoms with van der Waals surface area (Å²) in [6.07, 6.45) is 1.89. The van der Waals surface area contributed by atoms with Crippen molar-refractivity contribution in [3.8, 4) is 0 Å². The molecule has 25 heavy (non-hydrogen) atoms. The normalized spacial score (nSPS) is 10.5. The van der Waals surface area contributed by atoms with Gasteiger partial charge in [-0.05, 0) is 54.5 Å². The van der Waals surface area contributed by atoms with Crippen LogP contribution in [0.1, 0.15) is 11.1 Å². The second kappa shape index (κ2) is 7.87. The molecule has 0 aliphatic heterocycles. The smallest absolute Gasteiger partial charge is 0.176 e. The Hall–Kier alpha value is -2.08. The maximum Gasteiger partial charge on any atom is 0.176 e. The molecule has 0 unspecified atom stereocenters. The van der Waals surface area contributed by atoms with Gasteiger partial charge in [-0.25, -0.2) is 0 Å². The molecule has 2 aromatic carbocycles. The number of nitrogens with zero attached hydrogens (tertiary/aromatic N) is 2. The van der Waals surface area contributed by atoms with Gasteiger partial charge in [-0.15, -0.1) is 0 Å². The largest absolute Gasteiger partial charge is 0.332 e. The van der Waals surface area contributed by atoms with Gasteiger partial charge in [0.15, 0.2) is 10.9 Å². The lowest BCUT2D eigenvalue weighted by molar-refractivity contribution is 0.690. The van der Waals surface area contributed by atoms with Gasteiger partial charge in [0, 0.05) is 28.0 Å². The molecule has 0 saturated heterocycles. The van der Waals surface area contributed by atoms with E-state index in [4.69, 9.17) is 35.4 Å². The summed E-state index contributed by atoms with van der Waals surface area (Å²) in [5.41, 5.74) is 3.04. The molecule has 2 N–H and O–H groups in total. The Morgan fingerprint density at radius 3 is 2.52 bits per heavy atom. The maximum absolute atomic E-state index is 6.02. The molecular weight excluding hydrogens is 375 g/mol. The Morgan fingerprint density at radius 1 is 1.04 bits per heavy atom.